The lowest BCUT2D eigenvalue weighted by Gasteiger charge is -2.17. The van der Waals surface area contributed by atoms with Crippen molar-refractivity contribution in [3.05, 3.63) is 35.6 Å². The molecule has 1 aromatic carbocycles. The van der Waals surface area contributed by atoms with E-state index in [0.717, 1.165) is 18.5 Å². The first-order valence-electron chi connectivity index (χ1n) is 7.98. The van der Waals surface area contributed by atoms with Crippen molar-refractivity contribution in [1.29, 1.82) is 0 Å². The van der Waals surface area contributed by atoms with Crippen LogP contribution in [-0.2, 0) is 17.2 Å². The zero-order chi connectivity index (χ0) is 17.3. The molecule has 1 atom stereocenters. The number of nitrogens with zero attached hydrogens (tertiary/aromatic N) is 1. The summed E-state index contributed by atoms with van der Waals surface area (Å²) in [6.45, 7) is 9.84. The lowest BCUT2D eigenvalue weighted by Crippen LogP contribution is -2.38. The van der Waals surface area contributed by atoms with Gasteiger partial charge >= 0.3 is 0 Å². The Morgan fingerprint density at radius 3 is 2.58 bits per heavy atom. The van der Waals surface area contributed by atoms with Crippen LogP contribution in [0.4, 0.5) is 4.39 Å². The fraction of sp³-hybridized carbons (Fsp3) is 0.588. The van der Waals surface area contributed by atoms with E-state index < -0.39 is 10.8 Å². The van der Waals surface area contributed by atoms with Crippen LogP contribution in [0.5, 0.6) is 0 Å². The van der Waals surface area contributed by atoms with E-state index in [-0.39, 0.29) is 34.5 Å². The highest BCUT2D eigenvalue weighted by atomic mass is 127. The molecule has 4 nitrogen and oxygen atoms in total. The molecule has 0 aliphatic carbocycles. The second kappa shape index (κ2) is 11.8. The highest BCUT2D eigenvalue weighted by molar-refractivity contribution is 14.0. The van der Waals surface area contributed by atoms with Crippen molar-refractivity contribution in [3.63, 3.8) is 0 Å². The van der Waals surface area contributed by atoms with Gasteiger partial charge in [-0.3, -0.25) is 9.20 Å². The number of hydrogen-bond acceptors (Lipinski definition) is 2. The second-order valence-corrected chi connectivity index (χ2v) is 8.55. The van der Waals surface area contributed by atoms with Gasteiger partial charge in [0.2, 0.25) is 0 Å². The molecule has 0 aliphatic rings. The smallest absolute Gasteiger partial charge is 0.191 e. The van der Waals surface area contributed by atoms with E-state index in [1.54, 1.807) is 6.07 Å². The Bertz CT molecular complexity index is 547. The van der Waals surface area contributed by atoms with Gasteiger partial charge in [0.05, 0.1) is 6.54 Å². The Kier molecular flexibility index (Phi) is 11.4. The van der Waals surface area contributed by atoms with E-state index in [1.165, 1.54) is 12.1 Å². The summed E-state index contributed by atoms with van der Waals surface area (Å²) in [6.07, 6.45) is 0.718. The number of hydrogen-bond donors (Lipinski definition) is 2. The quantitative estimate of drug-likeness (QED) is 0.367. The molecule has 1 unspecified atom stereocenters. The lowest BCUT2D eigenvalue weighted by atomic mass is 10.1. The Hall–Kier alpha value is -0.700. The van der Waals surface area contributed by atoms with Crippen molar-refractivity contribution in [2.45, 2.75) is 38.9 Å². The summed E-state index contributed by atoms with van der Waals surface area (Å²) in [5, 5.41) is 6.38. The van der Waals surface area contributed by atoms with Crippen LogP contribution in [0, 0.1) is 5.82 Å². The summed E-state index contributed by atoms with van der Waals surface area (Å²) in [5.74, 6) is 1.03. The number of aliphatic imine (C=N–C) groups is 1. The number of rotatable bonds is 7. The molecule has 0 heterocycles. The summed E-state index contributed by atoms with van der Waals surface area (Å²) in [6, 6.07) is 6.60. The first-order valence-corrected chi connectivity index (χ1v) is 9.30. The van der Waals surface area contributed by atoms with Crippen molar-refractivity contribution in [1.82, 2.24) is 10.6 Å². The SMILES string of the molecule is CCNC(=NCCS(=O)C(C)(C)C)NCCc1cccc(F)c1.I. The van der Waals surface area contributed by atoms with Gasteiger partial charge in [-0.25, -0.2) is 4.39 Å². The maximum absolute atomic E-state index is 13.1. The molecule has 0 saturated heterocycles. The maximum Gasteiger partial charge on any atom is 0.191 e. The van der Waals surface area contributed by atoms with Crippen LogP contribution in [0.1, 0.15) is 33.3 Å². The van der Waals surface area contributed by atoms with Gasteiger partial charge in [0.15, 0.2) is 5.96 Å². The zero-order valence-corrected chi connectivity index (χ0v) is 18.0. The summed E-state index contributed by atoms with van der Waals surface area (Å²) < 4.78 is 24.9. The molecule has 0 amide bonds. The van der Waals surface area contributed by atoms with Gasteiger partial charge in [-0.1, -0.05) is 12.1 Å². The summed E-state index contributed by atoms with van der Waals surface area (Å²) in [7, 11) is -0.900. The van der Waals surface area contributed by atoms with E-state index in [1.807, 2.05) is 33.8 Å². The van der Waals surface area contributed by atoms with Crippen LogP contribution < -0.4 is 10.6 Å². The molecule has 0 saturated carbocycles. The van der Waals surface area contributed by atoms with Gasteiger partial charge in [-0.2, -0.15) is 0 Å². The molecule has 7 heteroatoms. The Balaban J connectivity index is 0.00000529. The zero-order valence-electron chi connectivity index (χ0n) is 14.9. The molecule has 1 aromatic rings. The van der Waals surface area contributed by atoms with Gasteiger partial charge in [-0.05, 0) is 51.8 Å². The highest BCUT2D eigenvalue weighted by Gasteiger charge is 2.18. The van der Waals surface area contributed by atoms with Gasteiger partial charge in [0.25, 0.3) is 0 Å². The van der Waals surface area contributed by atoms with E-state index in [9.17, 15) is 8.60 Å². The minimum absolute atomic E-state index is 0. The molecule has 0 spiro atoms. The number of halogens is 2. The van der Waals surface area contributed by atoms with Gasteiger partial charge in [0.1, 0.15) is 5.82 Å². The average molecular weight is 469 g/mol. The third-order valence-electron chi connectivity index (χ3n) is 3.17. The monoisotopic (exact) mass is 469 g/mol. The van der Waals surface area contributed by atoms with Crippen LogP contribution in [0.25, 0.3) is 0 Å². The van der Waals surface area contributed by atoms with Crippen molar-refractivity contribution in [2.75, 3.05) is 25.4 Å². The minimum atomic E-state index is -0.900. The van der Waals surface area contributed by atoms with Crippen LogP contribution in [0.2, 0.25) is 0 Å². The second-order valence-electron chi connectivity index (χ2n) is 6.23. The van der Waals surface area contributed by atoms with Gasteiger partial charge in [-0.15, -0.1) is 24.0 Å². The third-order valence-corrected chi connectivity index (χ3v) is 5.09. The first kappa shape index (κ1) is 23.3. The Labute approximate surface area is 164 Å². The molecule has 24 heavy (non-hydrogen) atoms. The fourth-order valence-corrected chi connectivity index (χ4v) is 2.78. The maximum atomic E-state index is 13.1. The molecule has 0 aromatic heterocycles. The van der Waals surface area contributed by atoms with Crippen LogP contribution in [0.15, 0.2) is 29.3 Å². The predicted molar refractivity (Wildman–Crippen MR) is 112 cm³/mol. The highest BCUT2D eigenvalue weighted by Crippen LogP contribution is 2.10. The van der Waals surface area contributed by atoms with Crippen molar-refractivity contribution in [3.8, 4) is 0 Å². The van der Waals surface area contributed by atoms with Crippen LogP contribution in [0.3, 0.4) is 0 Å². The molecule has 2 N–H and O–H groups in total. The molecular weight excluding hydrogens is 440 g/mol. The van der Waals surface area contributed by atoms with E-state index in [2.05, 4.69) is 15.6 Å². The van der Waals surface area contributed by atoms with E-state index in [0.29, 0.717) is 24.8 Å². The summed E-state index contributed by atoms with van der Waals surface area (Å²) in [5.41, 5.74) is 0.946. The largest absolute Gasteiger partial charge is 0.357 e. The number of nitrogens with one attached hydrogen (secondary N) is 2. The average Bonchev–Trinajstić information content (AvgIpc) is 2.46. The van der Waals surface area contributed by atoms with E-state index in [4.69, 9.17) is 0 Å². The summed E-state index contributed by atoms with van der Waals surface area (Å²) in [4.78, 5) is 4.44. The van der Waals surface area contributed by atoms with Crippen LogP contribution in [-0.4, -0.2) is 40.3 Å². The molecule has 0 radical (unpaired) electrons. The first-order chi connectivity index (χ1) is 10.8. The Morgan fingerprint density at radius 2 is 2.00 bits per heavy atom. The molecule has 138 valence electrons. The van der Waals surface area contributed by atoms with Crippen LogP contribution >= 0.6 is 24.0 Å². The molecule has 0 aliphatic heterocycles. The lowest BCUT2D eigenvalue weighted by molar-refractivity contribution is 0.625. The fourth-order valence-electron chi connectivity index (χ4n) is 1.91. The third kappa shape index (κ3) is 9.56. The van der Waals surface area contributed by atoms with Crippen molar-refractivity contribution in [2.24, 2.45) is 4.99 Å². The molecular formula is C17H29FIN3OS. The van der Waals surface area contributed by atoms with E-state index >= 15 is 0 Å². The van der Waals surface area contributed by atoms with Gasteiger partial charge in [0, 0.05) is 34.4 Å². The number of guanidine groups is 1. The standard InChI is InChI=1S/C17H28FN3OS.HI/c1-5-19-16(21-11-12-23(22)17(2,3)4)20-10-9-14-7-6-8-15(18)13-14;/h6-8,13H,5,9-12H2,1-4H3,(H2,19,20,21);1H. The number of benzene rings is 1. The molecule has 1 rings (SSSR count). The summed E-state index contributed by atoms with van der Waals surface area (Å²) >= 11 is 0. The predicted octanol–water partition coefficient (Wildman–Crippen LogP) is 3.09. The Morgan fingerprint density at radius 1 is 1.29 bits per heavy atom. The van der Waals surface area contributed by atoms with Crippen molar-refractivity contribution < 1.29 is 8.60 Å². The van der Waals surface area contributed by atoms with Crippen molar-refractivity contribution >= 4 is 40.7 Å². The topological polar surface area (TPSA) is 53.5 Å². The molecule has 0 bridgehead atoms. The van der Waals surface area contributed by atoms with Gasteiger partial charge < -0.3 is 10.6 Å². The minimum Gasteiger partial charge on any atom is -0.357 e. The normalized spacial score (nSPS) is 13.1. The molecule has 0 fully saturated rings.